The van der Waals surface area contributed by atoms with Crippen molar-refractivity contribution in [2.45, 2.75) is 26.9 Å². The molecule has 1 atom stereocenters. The first-order valence-electron chi connectivity index (χ1n) is 6.12. The maximum atomic E-state index is 11.7. The van der Waals surface area contributed by atoms with E-state index in [0.29, 0.717) is 17.9 Å². The molecule has 0 aliphatic carbocycles. The van der Waals surface area contributed by atoms with Gasteiger partial charge in [0.1, 0.15) is 5.75 Å². The Balaban J connectivity index is 2.84. The summed E-state index contributed by atoms with van der Waals surface area (Å²) >= 11 is 0. The molecule has 0 fully saturated rings. The van der Waals surface area contributed by atoms with Crippen LogP contribution in [-0.2, 0) is 4.79 Å². The number of nitrogens with one attached hydrogen (secondary N) is 1. The minimum absolute atomic E-state index is 0.0857. The summed E-state index contributed by atoms with van der Waals surface area (Å²) in [5.41, 5.74) is 1.46. The lowest BCUT2D eigenvalue weighted by Crippen LogP contribution is -2.36. The van der Waals surface area contributed by atoms with Crippen molar-refractivity contribution < 1.29 is 14.3 Å². The second-order valence-electron chi connectivity index (χ2n) is 4.35. The number of ketones is 1. The molecule has 1 rings (SSSR count). The number of amides is 1. The van der Waals surface area contributed by atoms with Crippen molar-refractivity contribution >= 4 is 11.7 Å². The third kappa shape index (κ3) is 4.25. The van der Waals surface area contributed by atoms with Crippen LogP contribution >= 0.6 is 0 Å². The first-order valence-corrected chi connectivity index (χ1v) is 6.12. The molecule has 4 heteroatoms. The predicted molar refractivity (Wildman–Crippen MR) is 74.5 cm³/mol. The zero-order valence-electron chi connectivity index (χ0n) is 11.5. The zero-order chi connectivity index (χ0) is 14.4. The normalized spacial score (nSPS) is 11.5. The smallest absolute Gasteiger partial charge is 0.261 e. The number of carbonyl (C=O) groups is 2. The van der Waals surface area contributed by atoms with Gasteiger partial charge in [-0.05, 0) is 32.9 Å². The van der Waals surface area contributed by atoms with E-state index in [1.54, 1.807) is 25.1 Å². The molecule has 1 amide bonds. The molecule has 0 aliphatic heterocycles. The lowest BCUT2D eigenvalue weighted by molar-refractivity contribution is -0.127. The average molecular weight is 261 g/mol. The van der Waals surface area contributed by atoms with Crippen LogP contribution in [0.4, 0.5) is 0 Å². The number of aryl methyl sites for hydroxylation is 1. The third-order valence-electron chi connectivity index (χ3n) is 2.61. The van der Waals surface area contributed by atoms with Crippen molar-refractivity contribution in [3.8, 4) is 5.75 Å². The van der Waals surface area contributed by atoms with Gasteiger partial charge in [-0.2, -0.15) is 0 Å². The predicted octanol–water partition coefficient (Wildman–Crippen LogP) is 2.27. The molecular formula is C15H19NO3. The standard InChI is InChI=1S/C15H19NO3/c1-5-8-16-15(18)12(4)19-14-7-6-10(2)9-13(14)11(3)17/h5-7,9,12H,1,8H2,2-4H3,(H,16,18). The van der Waals surface area contributed by atoms with Gasteiger partial charge in [-0.25, -0.2) is 0 Å². The summed E-state index contributed by atoms with van der Waals surface area (Å²) in [6.07, 6.45) is 0.929. The Labute approximate surface area is 113 Å². The summed E-state index contributed by atoms with van der Waals surface area (Å²) in [6, 6.07) is 5.31. The molecule has 1 aromatic rings. The second kappa shape index (κ2) is 6.73. The van der Waals surface area contributed by atoms with Crippen molar-refractivity contribution in [3.63, 3.8) is 0 Å². The number of carbonyl (C=O) groups excluding carboxylic acids is 2. The molecule has 0 radical (unpaired) electrons. The summed E-state index contributed by atoms with van der Waals surface area (Å²) in [5.74, 6) is 0.103. The number of Topliss-reactive ketones (excluding diaryl/α,β-unsaturated/α-hetero) is 1. The molecule has 1 N–H and O–H groups in total. The first-order chi connectivity index (χ1) is 8.95. The monoisotopic (exact) mass is 261 g/mol. The molecule has 4 nitrogen and oxygen atoms in total. The van der Waals surface area contributed by atoms with Crippen molar-refractivity contribution in [2.75, 3.05) is 6.54 Å². The fourth-order valence-electron chi connectivity index (χ4n) is 1.58. The van der Waals surface area contributed by atoms with Gasteiger partial charge in [-0.1, -0.05) is 17.7 Å². The lowest BCUT2D eigenvalue weighted by atomic mass is 10.1. The number of benzene rings is 1. The molecule has 1 unspecified atom stereocenters. The topological polar surface area (TPSA) is 55.4 Å². The van der Waals surface area contributed by atoms with E-state index in [1.807, 2.05) is 13.0 Å². The largest absolute Gasteiger partial charge is 0.480 e. The highest BCUT2D eigenvalue weighted by Crippen LogP contribution is 2.21. The zero-order valence-corrected chi connectivity index (χ0v) is 11.5. The fourth-order valence-corrected chi connectivity index (χ4v) is 1.58. The molecule has 0 saturated carbocycles. The number of hydrogen-bond donors (Lipinski definition) is 1. The SMILES string of the molecule is C=CCNC(=O)C(C)Oc1ccc(C)cc1C(C)=O. The van der Waals surface area contributed by atoms with E-state index >= 15 is 0 Å². The van der Waals surface area contributed by atoms with Crippen molar-refractivity contribution in [1.82, 2.24) is 5.32 Å². The van der Waals surface area contributed by atoms with Gasteiger partial charge in [0.05, 0.1) is 5.56 Å². The van der Waals surface area contributed by atoms with Gasteiger partial charge in [0, 0.05) is 6.54 Å². The summed E-state index contributed by atoms with van der Waals surface area (Å²) in [5, 5.41) is 2.65. The van der Waals surface area contributed by atoms with E-state index in [9.17, 15) is 9.59 Å². The van der Waals surface area contributed by atoms with Crippen LogP contribution in [-0.4, -0.2) is 24.3 Å². The van der Waals surface area contributed by atoms with E-state index in [2.05, 4.69) is 11.9 Å². The van der Waals surface area contributed by atoms with Gasteiger partial charge in [-0.3, -0.25) is 9.59 Å². The highest BCUT2D eigenvalue weighted by molar-refractivity contribution is 5.97. The van der Waals surface area contributed by atoms with Crippen molar-refractivity contribution in [1.29, 1.82) is 0 Å². The van der Waals surface area contributed by atoms with Crippen LogP contribution in [0, 0.1) is 6.92 Å². The van der Waals surface area contributed by atoms with Gasteiger partial charge < -0.3 is 10.1 Å². The Morgan fingerprint density at radius 3 is 2.74 bits per heavy atom. The quantitative estimate of drug-likeness (QED) is 0.631. The average Bonchev–Trinajstić information content (AvgIpc) is 2.37. The summed E-state index contributed by atoms with van der Waals surface area (Å²) < 4.78 is 5.55. The van der Waals surface area contributed by atoms with Crippen LogP contribution in [0.5, 0.6) is 5.75 Å². The maximum absolute atomic E-state index is 11.7. The van der Waals surface area contributed by atoms with E-state index in [0.717, 1.165) is 5.56 Å². The van der Waals surface area contributed by atoms with Crippen LogP contribution in [0.15, 0.2) is 30.9 Å². The van der Waals surface area contributed by atoms with E-state index in [4.69, 9.17) is 4.74 Å². The Kier molecular flexibility index (Phi) is 5.30. The Morgan fingerprint density at radius 1 is 1.47 bits per heavy atom. The maximum Gasteiger partial charge on any atom is 0.261 e. The summed E-state index contributed by atoms with van der Waals surface area (Å²) in [4.78, 5) is 23.2. The fraction of sp³-hybridized carbons (Fsp3) is 0.333. The van der Waals surface area contributed by atoms with E-state index in [-0.39, 0.29) is 11.7 Å². The molecule has 0 aliphatic rings. The molecule has 0 heterocycles. The van der Waals surface area contributed by atoms with Crippen LogP contribution in [0.2, 0.25) is 0 Å². The third-order valence-corrected chi connectivity index (χ3v) is 2.61. The number of ether oxygens (including phenoxy) is 1. The molecule has 102 valence electrons. The summed E-state index contributed by atoms with van der Waals surface area (Å²) in [7, 11) is 0. The molecule has 0 saturated heterocycles. The van der Waals surface area contributed by atoms with Gasteiger partial charge in [-0.15, -0.1) is 6.58 Å². The number of rotatable bonds is 6. The van der Waals surface area contributed by atoms with Crippen LogP contribution in [0.25, 0.3) is 0 Å². The van der Waals surface area contributed by atoms with Crippen LogP contribution in [0.1, 0.15) is 29.8 Å². The molecule has 0 bridgehead atoms. The minimum atomic E-state index is -0.666. The highest BCUT2D eigenvalue weighted by atomic mass is 16.5. The molecule has 19 heavy (non-hydrogen) atoms. The van der Waals surface area contributed by atoms with Gasteiger partial charge in [0.15, 0.2) is 11.9 Å². The second-order valence-corrected chi connectivity index (χ2v) is 4.35. The van der Waals surface area contributed by atoms with Gasteiger partial charge >= 0.3 is 0 Å². The van der Waals surface area contributed by atoms with Gasteiger partial charge in [0.25, 0.3) is 5.91 Å². The Bertz CT molecular complexity index is 494. The number of hydrogen-bond acceptors (Lipinski definition) is 3. The summed E-state index contributed by atoms with van der Waals surface area (Å²) in [6.45, 7) is 8.93. The van der Waals surface area contributed by atoms with E-state index in [1.165, 1.54) is 6.92 Å². The molecule has 1 aromatic carbocycles. The Morgan fingerprint density at radius 2 is 2.16 bits per heavy atom. The van der Waals surface area contributed by atoms with Crippen molar-refractivity contribution in [2.24, 2.45) is 0 Å². The molecule has 0 spiro atoms. The van der Waals surface area contributed by atoms with E-state index < -0.39 is 6.10 Å². The highest BCUT2D eigenvalue weighted by Gasteiger charge is 2.17. The first kappa shape index (κ1) is 15.0. The molecular weight excluding hydrogens is 242 g/mol. The van der Waals surface area contributed by atoms with Crippen LogP contribution < -0.4 is 10.1 Å². The van der Waals surface area contributed by atoms with Gasteiger partial charge in [0.2, 0.25) is 0 Å². The minimum Gasteiger partial charge on any atom is -0.480 e. The van der Waals surface area contributed by atoms with Crippen molar-refractivity contribution in [3.05, 3.63) is 42.0 Å². The Hall–Kier alpha value is -2.10. The lowest BCUT2D eigenvalue weighted by Gasteiger charge is -2.16. The van der Waals surface area contributed by atoms with Crippen LogP contribution in [0.3, 0.4) is 0 Å². The molecule has 0 aromatic heterocycles.